The molecule has 0 bridgehead atoms. The van der Waals surface area contributed by atoms with Crippen molar-refractivity contribution in [2.45, 2.75) is 18.1 Å². The number of hydrogen-bond acceptors (Lipinski definition) is 2. The fourth-order valence-corrected chi connectivity index (χ4v) is 1.98. The Labute approximate surface area is 88.8 Å². The van der Waals surface area contributed by atoms with Gasteiger partial charge in [0.05, 0.1) is 18.6 Å². The Morgan fingerprint density at radius 3 is 2.29 bits per heavy atom. The molecule has 1 aliphatic rings. The van der Waals surface area contributed by atoms with Crippen LogP contribution < -0.4 is 0 Å². The van der Waals surface area contributed by atoms with E-state index in [2.05, 4.69) is 0 Å². The van der Waals surface area contributed by atoms with Gasteiger partial charge in [0.1, 0.15) is 0 Å². The van der Waals surface area contributed by atoms with Crippen molar-refractivity contribution in [1.29, 1.82) is 0 Å². The average molecular weight is 213 g/mol. The number of ether oxygens (including phenoxy) is 2. The summed E-state index contributed by atoms with van der Waals surface area (Å²) in [6.07, 6.45) is 0. The quantitative estimate of drug-likeness (QED) is 0.702. The predicted octanol–water partition coefficient (Wildman–Crippen LogP) is 2.51. The van der Waals surface area contributed by atoms with E-state index in [9.17, 15) is 0 Å². The fraction of sp³-hybridized carbons (Fsp3) is 0.455. The molecule has 14 heavy (non-hydrogen) atoms. The zero-order valence-corrected chi connectivity index (χ0v) is 8.83. The van der Waals surface area contributed by atoms with Gasteiger partial charge in [0.15, 0.2) is 0 Å². The lowest BCUT2D eigenvalue weighted by Crippen LogP contribution is -2.35. The van der Waals surface area contributed by atoms with Crippen LogP contribution in [0, 0.1) is 0 Å². The van der Waals surface area contributed by atoms with Crippen LogP contribution in [0.4, 0.5) is 0 Å². The van der Waals surface area contributed by atoms with Crippen LogP contribution in [0.1, 0.15) is 12.5 Å². The molecule has 1 aromatic rings. The van der Waals surface area contributed by atoms with Gasteiger partial charge in [0.25, 0.3) is 0 Å². The summed E-state index contributed by atoms with van der Waals surface area (Å²) in [7, 11) is 0. The van der Waals surface area contributed by atoms with Crippen LogP contribution in [0.3, 0.4) is 0 Å². The topological polar surface area (TPSA) is 18.5 Å². The highest BCUT2D eigenvalue weighted by Gasteiger charge is 2.42. The second kappa shape index (κ2) is 3.89. The lowest BCUT2D eigenvalue weighted by atomic mass is 10.0. The molecule has 2 nitrogen and oxygen atoms in total. The zero-order chi connectivity index (χ0) is 10.0. The third-order valence-electron chi connectivity index (χ3n) is 2.42. The first-order valence-corrected chi connectivity index (χ1v) is 5.17. The van der Waals surface area contributed by atoms with E-state index in [0.29, 0.717) is 13.2 Å². The minimum absolute atomic E-state index is 0.201. The van der Waals surface area contributed by atoms with Gasteiger partial charge >= 0.3 is 0 Å². The molecule has 1 fully saturated rings. The van der Waals surface area contributed by atoms with Gasteiger partial charge in [-0.2, -0.15) is 0 Å². The van der Waals surface area contributed by atoms with Crippen LogP contribution >= 0.6 is 11.6 Å². The van der Waals surface area contributed by atoms with Gasteiger partial charge in [-0.1, -0.05) is 30.3 Å². The third kappa shape index (κ3) is 1.54. The number of rotatable bonds is 2. The Kier molecular flexibility index (Phi) is 2.77. The molecule has 2 rings (SSSR count). The van der Waals surface area contributed by atoms with Gasteiger partial charge < -0.3 is 9.47 Å². The first-order valence-electron chi connectivity index (χ1n) is 4.73. The molecular weight excluding hydrogens is 200 g/mol. The minimum Gasteiger partial charge on any atom is -0.342 e. The summed E-state index contributed by atoms with van der Waals surface area (Å²) < 4.78 is 11.3. The smallest absolute Gasteiger partial charge is 0.211 e. The maximum Gasteiger partial charge on any atom is 0.211 e. The molecule has 1 saturated heterocycles. The second-order valence-electron chi connectivity index (χ2n) is 3.35. The Morgan fingerprint density at radius 1 is 1.21 bits per heavy atom. The predicted molar refractivity (Wildman–Crippen MR) is 55.3 cm³/mol. The van der Waals surface area contributed by atoms with E-state index >= 15 is 0 Å². The molecule has 0 radical (unpaired) electrons. The van der Waals surface area contributed by atoms with Gasteiger partial charge in [0, 0.05) is 5.56 Å². The van der Waals surface area contributed by atoms with Gasteiger partial charge in [0.2, 0.25) is 5.79 Å². The van der Waals surface area contributed by atoms with E-state index in [1.54, 1.807) is 0 Å². The molecule has 1 aliphatic heterocycles. The number of halogens is 1. The van der Waals surface area contributed by atoms with Crippen molar-refractivity contribution in [3.63, 3.8) is 0 Å². The largest absolute Gasteiger partial charge is 0.342 e. The van der Waals surface area contributed by atoms with Gasteiger partial charge in [-0.25, -0.2) is 0 Å². The van der Waals surface area contributed by atoms with E-state index in [0.717, 1.165) is 5.56 Å². The van der Waals surface area contributed by atoms with Crippen LogP contribution in [-0.2, 0) is 15.3 Å². The maximum atomic E-state index is 6.13. The molecule has 0 spiro atoms. The molecule has 0 amide bonds. The summed E-state index contributed by atoms with van der Waals surface area (Å²) >= 11 is 6.13. The molecule has 3 heteroatoms. The Morgan fingerprint density at radius 2 is 1.79 bits per heavy atom. The lowest BCUT2D eigenvalue weighted by Gasteiger charge is -2.30. The van der Waals surface area contributed by atoms with Gasteiger partial charge in [-0.15, -0.1) is 11.6 Å². The molecule has 1 heterocycles. The first-order chi connectivity index (χ1) is 6.76. The van der Waals surface area contributed by atoms with Crippen molar-refractivity contribution in [3.8, 4) is 0 Å². The van der Waals surface area contributed by atoms with E-state index in [-0.39, 0.29) is 5.38 Å². The normalized spacial score (nSPS) is 22.1. The van der Waals surface area contributed by atoms with Crippen LogP contribution in [0.25, 0.3) is 0 Å². The summed E-state index contributed by atoms with van der Waals surface area (Å²) in [6, 6.07) is 9.84. The molecule has 76 valence electrons. The average Bonchev–Trinajstić information content (AvgIpc) is 2.69. The highest BCUT2D eigenvalue weighted by Crippen LogP contribution is 2.37. The van der Waals surface area contributed by atoms with E-state index in [1.807, 2.05) is 37.3 Å². The number of benzene rings is 1. The Bertz CT molecular complexity index is 291. The van der Waals surface area contributed by atoms with E-state index in [4.69, 9.17) is 21.1 Å². The zero-order valence-electron chi connectivity index (χ0n) is 8.07. The van der Waals surface area contributed by atoms with Crippen molar-refractivity contribution in [3.05, 3.63) is 35.9 Å². The summed E-state index contributed by atoms with van der Waals surface area (Å²) in [6.45, 7) is 3.10. The van der Waals surface area contributed by atoms with Crippen molar-refractivity contribution in [2.75, 3.05) is 13.2 Å². The highest BCUT2D eigenvalue weighted by atomic mass is 35.5. The molecule has 0 aliphatic carbocycles. The Hall–Kier alpha value is -0.570. The molecule has 0 N–H and O–H groups in total. The van der Waals surface area contributed by atoms with Crippen molar-refractivity contribution < 1.29 is 9.47 Å². The van der Waals surface area contributed by atoms with Crippen LogP contribution in [0.2, 0.25) is 0 Å². The minimum atomic E-state index is -0.747. The standard InChI is InChI=1S/C11H13ClO2/c1-9(12)11(13-7-8-14-11)10-5-3-2-4-6-10/h2-6,9H,7-8H2,1H3. The maximum absolute atomic E-state index is 6.13. The van der Waals surface area contributed by atoms with Crippen LogP contribution in [0.15, 0.2) is 30.3 Å². The number of alkyl halides is 1. The highest BCUT2D eigenvalue weighted by molar-refractivity contribution is 6.21. The summed E-state index contributed by atoms with van der Waals surface area (Å²) in [4.78, 5) is 0. The summed E-state index contributed by atoms with van der Waals surface area (Å²) in [5, 5.41) is -0.201. The van der Waals surface area contributed by atoms with Crippen LogP contribution in [0.5, 0.6) is 0 Å². The number of hydrogen-bond donors (Lipinski definition) is 0. The molecule has 1 unspecified atom stereocenters. The SMILES string of the molecule is CC(Cl)C1(c2ccccc2)OCCO1. The van der Waals surface area contributed by atoms with Crippen molar-refractivity contribution >= 4 is 11.6 Å². The molecule has 0 aromatic heterocycles. The first kappa shape index (κ1) is 9.97. The molecule has 0 saturated carbocycles. The van der Waals surface area contributed by atoms with Crippen molar-refractivity contribution in [1.82, 2.24) is 0 Å². The van der Waals surface area contributed by atoms with Gasteiger partial charge in [-0.05, 0) is 6.92 Å². The summed E-state index contributed by atoms with van der Waals surface area (Å²) in [5.41, 5.74) is 0.986. The lowest BCUT2D eigenvalue weighted by molar-refractivity contribution is -0.164. The van der Waals surface area contributed by atoms with Crippen molar-refractivity contribution in [2.24, 2.45) is 0 Å². The summed E-state index contributed by atoms with van der Waals surface area (Å²) in [5.74, 6) is -0.747. The third-order valence-corrected chi connectivity index (χ3v) is 2.70. The van der Waals surface area contributed by atoms with E-state index in [1.165, 1.54) is 0 Å². The molecule has 1 atom stereocenters. The monoisotopic (exact) mass is 212 g/mol. The van der Waals surface area contributed by atoms with E-state index < -0.39 is 5.79 Å². The van der Waals surface area contributed by atoms with Crippen LogP contribution in [-0.4, -0.2) is 18.6 Å². The second-order valence-corrected chi connectivity index (χ2v) is 4.00. The Balaban J connectivity index is 2.36. The van der Waals surface area contributed by atoms with Gasteiger partial charge in [-0.3, -0.25) is 0 Å². The fourth-order valence-electron chi connectivity index (χ4n) is 1.72. The molecular formula is C11H13ClO2. The molecule has 1 aromatic carbocycles.